The predicted molar refractivity (Wildman–Crippen MR) is 131 cm³/mol. The summed E-state index contributed by atoms with van der Waals surface area (Å²) >= 11 is 0. The van der Waals surface area contributed by atoms with Crippen LogP contribution in [-0.4, -0.2) is 38.2 Å². The van der Waals surface area contributed by atoms with Crippen LogP contribution in [0.3, 0.4) is 0 Å². The monoisotopic (exact) mass is 481 g/mol. The summed E-state index contributed by atoms with van der Waals surface area (Å²) in [7, 11) is 1.47. The van der Waals surface area contributed by atoms with Crippen molar-refractivity contribution in [2.75, 3.05) is 25.6 Å². The third-order valence-corrected chi connectivity index (χ3v) is 5.46. The topological polar surface area (TPSA) is 115 Å². The maximum atomic E-state index is 12.7. The van der Waals surface area contributed by atoms with Gasteiger partial charge in [0.15, 0.2) is 18.1 Å². The second kappa shape index (κ2) is 11.4. The molecule has 0 spiro atoms. The van der Waals surface area contributed by atoms with Gasteiger partial charge in [0, 0.05) is 11.4 Å². The van der Waals surface area contributed by atoms with E-state index in [2.05, 4.69) is 16.0 Å². The molecule has 3 rings (SSSR count). The quantitative estimate of drug-likeness (QED) is 0.468. The van der Waals surface area contributed by atoms with Crippen LogP contribution in [0.4, 0.5) is 10.5 Å². The van der Waals surface area contributed by atoms with Crippen LogP contribution < -0.4 is 25.4 Å². The van der Waals surface area contributed by atoms with Crippen LogP contribution in [0.2, 0.25) is 0 Å². The summed E-state index contributed by atoms with van der Waals surface area (Å²) in [5.41, 5.74) is 4.12. The molecule has 2 aromatic carbocycles. The van der Waals surface area contributed by atoms with E-state index in [4.69, 9.17) is 14.2 Å². The molecule has 0 saturated carbocycles. The third-order valence-electron chi connectivity index (χ3n) is 5.46. The van der Waals surface area contributed by atoms with E-state index >= 15 is 0 Å². The number of aryl methyl sites for hydroxylation is 2. The number of anilines is 1. The lowest BCUT2D eigenvalue weighted by Gasteiger charge is -2.28. The highest BCUT2D eigenvalue weighted by atomic mass is 16.5. The van der Waals surface area contributed by atoms with Gasteiger partial charge in [-0.2, -0.15) is 0 Å². The lowest BCUT2D eigenvalue weighted by molar-refractivity contribution is -0.139. The Morgan fingerprint density at radius 2 is 1.83 bits per heavy atom. The van der Waals surface area contributed by atoms with Gasteiger partial charge in [-0.15, -0.1) is 0 Å². The second-order valence-corrected chi connectivity index (χ2v) is 8.27. The van der Waals surface area contributed by atoms with E-state index in [1.807, 2.05) is 39.0 Å². The van der Waals surface area contributed by atoms with Gasteiger partial charge in [0.05, 0.1) is 25.3 Å². The number of benzene rings is 2. The van der Waals surface area contributed by atoms with Gasteiger partial charge in [-0.25, -0.2) is 9.59 Å². The molecule has 0 fully saturated rings. The first-order valence-electron chi connectivity index (χ1n) is 11.4. The fourth-order valence-electron chi connectivity index (χ4n) is 3.75. The Kier molecular flexibility index (Phi) is 8.35. The highest BCUT2D eigenvalue weighted by molar-refractivity contribution is 5.95. The van der Waals surface area contributed by atoms with Gasteiger partial charge in [-0.05, 0) is 56.5 Å². The Morgan fingerprint density at radius 3 is 2.51 bits per heavy atom. The molecule has 0 saturated heterocycles. The maximum Gasteiger partial charge on any atom is 0.338 e. The number of esters is 1. The number of allylic oxidation sites excluding steroid dienone is 1. The zero-order valence-corrected chi connectivity index (χ0v) is 20.6. The Labute approximate surface area is 204 Å². The number of carbonyl (C=O) groups is 3. The number of methoxy groups -OCH3 is 1. The van der Waals surface area contributed by atoms with E-state index in [-0.39, 0.29) is 19.1 Å². The van der Waals surface area contributed by atoms with E-state index < -0.39 is 18.0 Å². The first-order chi connectivity index (χ1) is 16.7. The average Bonchev–Trinajstić information content (AvgIpc) is 2.82. The first-order valence-corrected chi connectivity index (χ1v) is 11.4. The van der Waals surface area contributed by atoms with E-state index in [0.717, 1.165) is 16.8 Å². The number of hydrogen-bond donors (Lipinski definition) is 3. The number of rotatable bonds is 9. The Balaban J connectivity index is 1.76. The molecule has 9 heteroatoms. The van der Waals surface area contributed by atoms with Crippen molar-refractivity contribution in [1.82, 2.24) is 10.6 Å². The summed E-state index contributed by atoms with van der Waals surface area (Å²) in [6, 6.07) is 9.60. The van der Waals surface area contributed by atoms with Crippen molar-refractivity contribution in [2.24, 2.45) is 0 Å². The number of urea groups is 1. The highest BCUT2D eigenvalue weighted by Gasteiger charge is 2.32. The van der Waals surface area contributed by atoms with Crippen LogP contribution in [0, 0.1) is 13.8 Å². The molecule has 186 valence electrons. The third kappa shape index (κ3) is 6.32. The van der Waals surface area contributed by atoms with E-state index in [1.165, 1.54) is 7.11 Å². The van der Waals surface area contributed by atoms with Gasteiger partial charge < -0.3 is 30.2 Å². The summed E-state index contributed by atoms with van der Waals surface area (Å²) in [4.78, 5) is 37.2. The summed E-state index contributed by atoms with van der Waals surface area (Å²) in [6.45, 7) is 7.52. The van der Waals surface area contributed by atoms with Crippen molar-refractivity contribution >= 4 is 23.6 Å². The van der Waals surface area contributed by atoms with Gasteiger partial charge in [-0.1, -0.05) is 30.7 Å². The standard InChI is InChI=1S/C26H31N3O6/c1-6-11-34-25(31)23-17(4)27-26(32)29-24(23)18-8-10-20(21(13-18)33-5)35-14-22(30)28-19-9-7-15(2)12-16(19)3/h7-10,12-13,24H,6,11,14H2,1-5H3,(H,28,30)(H2,27,29,32). The largest absolute Gasteiger partial charge is 0.493 e. The van der Waals surface area contributed by atoms with E-state index in [1.54, 1.807) is 25.1 Å². The normalized spacial score (nSPS) is 15.1. The number of hydrogen-bond acceptors (Lipinski definition) is 6. The fraction of sp³-hybridized carbons (Fsp3) is 0.346. The molecular formula is C26H31N3O6. The Morgan fingerprint density at radius 1 is 1.06 bits per heavy atom. The molecule has 0 aliphatic carbocycles. The SMILES string of the molecule is CCCOC(=O)C1=C(C)NC(=O)NC1c1ccc(OCC(=O)Nc2ccc(C)cc2C)c(OC)c1. The van der Waals surface area contributed by atoms with E-state index in [0.29, 0.717) is 34.8 Å². The average molecular weight is 482 g/mol. The van der Waals surface area contributed by atoms with Crippen LogP contribution in [0.15, 0.2) is 47.7 Å². The minimum absolute atomic E-state index is 0.222. The van der Waals surface area contributed by atoms with Crippen LogP contribution in [0.25, 0.3) is 0 Å². The molecule has 35 heavy (non-hydrogen) atoms. The molecule has 9 nitrogen and oxygen atoms in total. The molecule has 1 aliphatic rings. The molecule has 0 aromatic heterocycles. The summed E-state index contributed by atoms with van der Waals surface area (Å²) in [6.07, 6.45) is 0.680. The predicted octanol–water partition coefficient (Wildman–Crippen LogP) is 3.91. The molecule has 1 atom stereocenters. The van der Waals surface area contributed by atoms with Gasteiger partial charge in [0.2, 0.25) is 0 Å². The molecular weight excluding hydrogens is 450 g/mol. The zero-order chi connectivity index (χ0) is 25.5. The summed E-state index contributed by atoms with van der Waals surface area (Å²) < 4.78 is 16.5. The summed E-state index contributed by atoms with van der Waals surface area (Å²) in [5, 5.41) is 8.21. The van der Waals surface area contributed by atoms with Gasteiger partial charge in [-0.3, -0.25) is 4.79 Å². The number of amides is 3. The molecule has 0 radical (unpaired) electrons. The smallest absolute Gasteiger partial charge is 0.338 e. The van der Waals surface area contributed by atoms with Crippen LogP contribution >= 0.6 is 0 Å². The highest BCUT2D eigenvalue weighted by Crippen LogP contribution is 2.34. The molecule has 1 unspecified atom stereocenters. The van der Waals surface area contributed by atoms with Crippen molar-refractivity contribution in [2.45, 2.75) is 40.2 Å². The van der Waals surface area contributed by atoms with E-state index in [9.17, 15) is 14.4 Å². The van der Waals surface area contributed by atoms with Crippen molar-refractivity contribution < 1.29 is 28.6 Å². The fourth-order valence-corrected chi connectivity index (χ4v) is 3.75. The molecule has 3 amide bonds. The number of nitrogens with one attached hydrogen (secondary N) is 3. The molecule has 1 aliphatic heterocycles. The minimum Gasteiger partial charge on any atom is -0.493 e. The van der Waals surface area contributed by atoms with Gasteiger partial charge in [0.25, 0.3) is 5.91 Å². The Bertz CT molecular complexity index is 1160. The van der Waals surface area contributed by atoms with Crippen LogP contribution in [-0.2, 0) is 14.3 Å². The minimum atomic E-state index is -0.733. The molecule has 1 heterocycles. The maximum absolute atomic E-state index is 12.7. The molecule has 3 N–H and O–H groups in total. The number of ether oxygens (including phenoxy) is 3. The van der Waals surface area contributed by atoms with Crippen molar-refractivity contribution in [3.63, 3.8) is 0 Å². The van der Waals surface area contributed by atoms with Crippen LogP contribution in [0.1, 0.15) is 43.0 Å². The first kappa shape index (κ1) is 25.6. The van der Waals surface area contributed by atoms with Gasteiger partial charge in [0.1, 0.15) is 0 Å². The number of carbonyl (C=O) groups excluding carboxylic acids is 3. The van der Waals surface area contributed by atoms with Gasteiger partial charge >= 0.3 is 12.0 Å². The van der Waals surface area contributed by atoms with Crippen molar-refractivity contribution in [3.8, 4) is 11.5 Å². The lowest BCUT2D eigenvalue weighted by atomic mass is 9.95. The molecule has 2 aromatic rings. The second-order valence-electron chi connectivity index (χ2n) is 8.27. The van der Waals surface area contributed by atoms with Crippen molar-refractivity contribution in [3.05, 3.63) is 64.4 Å². The summed E-state index contributed by atoms with van der Waals surface area (Å²) in [5.74, 6) is -0.117. The lowest BCUT2D eigenvalue weighted by Crippen LogP contribution is -2.45. The van der Waals surface area contributed by atoms with Crippen LogP contribution in [0.5, 0.6) is 11.5 Å². The molecule has 0 bridgehead atoms. The van der Waals surface area contributed by atoms with Crippen molar-refractivity contribution in [1.29, 1.82) is 0 Å². The zero-order valence-electron chi connectivity index (χ0n) is 20.6. The Hall–Kier alpha value is -4.01.